The molecule has 4 nitrogen and oxygen atoms in total. The van der Waals surface area contributed by atoms with Gasteiger partial charge in [-0.25, -0.2) is 0 Å². The smallest absolute Gasteiger partial charge is 0.101 e. The van der Waals surface area contributed by atoms with E-state index < -0.39 is 0 Å². The van der Waals surface area contributed by atoms with Gasteiger partial charge in [-0.2, -0.15) is 10.5 Å². The van der Waals surface area contributed by atoms with Crippen LogP contribution in [0.25, 0.3) is 49.5 Å². The summed E-state index contributed by atoms with van der Waals surface area (Å²) in [7, 11) is 0. The molecule has 0 amide bonds. The van der Waals surface area contributed by atoms with Crippen LogP contribution in [0.5, 0.6) is 0 Å². The quantitative estimate of drug-likeness (QED) is 0.205. The highest BCUT2D eigenvalue weighted by atomic mass is 14.7. The van der Waals surface area contributed by atoms with Crippen molar-refractivity contribution in [3.8, 4) is 34.5 Å². The Morgan fingerprint density at radius 3 is 1.81 bits per heavy atom. The van der Waals surface area contributed by atoms with Crippen molar-refractivity contribution in [3.05, 3.63) is 150 Å². The van der Waals surface area contributed by atoms with Crippen molar-refractivity contribution in [1.29, 1.82) is 10.5 Å². The maximum Gasteiger partial charge on any atom is 0.101 e. The van der Waals surface area contributed by atoms with Crippen molar-refractivity contribution in [2.24, 2.45) is 0 Å². The van der Waals surface area contributed by atoms with Crippen molar-refractivity contribution in [2.75, 3.05) is 0 Å². The summed E-state index contributed by atoms with van der Waals surface area (Å²) >= 11 is 0. The Kier molecular flexibility index (Phi) is 6.39. The highest BCUT2D eigenvalue weighted by molar-refractivity contribution is 6.16. The van der Waals surface area contributed by atoms with Crippen LogP contribution >= 0.6 is 0 Å². The molecule has 0 radical (unpaired) electrons. The first-order chi connectivity index (χ1) is 21.1. The van der Waals surface area contributed by atoms with E-state index in [2.05, 4.69) is 120 Å². The molecule has 2 heterocycles. The average Bonchev–Trinajstić information content (AvgIpc) is 3.07. The molecule has 0 N–H and O–H groups in total. The Morgan fingerprint density at radius 2 is 1.23 bits per heavy atom. The number of fused-ring (bicyclic) bond motifs is 2. The maximum atomic E-state index is 9.24. The van der Waals surface area contributed by atoms with Crippen LogP contribution in [-0.2, 0) is 5.41 Å². The van der Waals surface area contributed by atoms with Gasteiger partial charge in [-0.15, -0.1) is 0 Å². The van der Waals surface area contributed by atoms with Crippen LogP contribution in [0, 0.1) is 22.7 Å². The number of pyridine rings is 2. The van der Waals surface area contributed by atoms with Crippen LogP contribution < -0.4 is 0 Å². The SMILES string of the molecule is CC1(c2c3ccccc3c(-c3cccc(-c4ccc(C#N)cn4)c3)c3ccccc23)C=C(c2ccc(C#N)cn2)C=CC1. The fourth-order valence-electron chi connectivity index (χ4n) is 6.36. The van der Waals surface area contributed by atoms with Crippen molar-refractivity contribution in [2.45, 2.75) is 18.8 Å². The van der Waals surface area contributed by atoms with E-state index in [1.165, 1.54) is 32.7 Å². The van der Waals surface area contributed by atoms with Crippen LogP contribution in [0.15, 0.2) is 128 Å². The van der Waals surface area contributed by atoms with Gasteiger partial charge in [0.15, 0.2) is 0 Å². The normalized spacial score (nSPS) is 16.0. The Hall–Kier alpha value is -5.84. The summed E-state index contributed by atoms with van der Waals surface area (Å²) in [6.45, 7) is 2.31. The van der Waals surface area contributed by atoms with E-state index >= 15 is 0 Å². The zero-order valence-corrected chi connectivity index (χ0v) is 23.6. The molecule has 202 valence electrons. The van der Waals surface area contributed by atoms with E-state index in [4.69, 9.17) is 0 Å². The first kappa shape index (κ1) is 26.1. The van der Waals surface area contributed by atoms with Crippen LogP contribution in [0.3, 0.4) is 0 Å². The predicted octanol–water partition coefficient (Wildman–Crippen LogP) is 9.16. The molecule has 6 aromatic rings. The van der Waals surface area contributed by atoms with E-state index in [-0.39, 0.29) is 5.41 Å². The zero-order chi connectivity index (χ0) is 29.4. The van der Waals surface area contributed by atoms with Gasteiger partial charge in [0.05, 0.1) is 22.5 Å². The molecule has 4 aromatic carbocycles. The van der Waals surface area contributed by atoms with Crippen LogP contribution in [0.2, 0.25) is 0 Å². The van der Waals surface area contributed by atoms with Crippen molar-refractivity contribution in [1.82, 2.24) is 9.97 Å². The Labute approximate surface area is 250 Å². The number of nitriles is 2. The van der Waals surface area contributed by atoms with Gasteiger partial charge in [0.25, 0.3) is 0 Å². The maximum absolute atomic E-state index is 9.24. The average molecular weight is 551 g/mol. The largest absolute Gasteiger partial charge is 0.255 e. The van der Waals surface area contributed by atoms with Gasteiger partial charge in [0.2, 0.25) is 0 Å². The molecule has 7 rings (SSSR count). The van der Waals surface area contributed by atoms with E-state index in [0.717, 1.165) is 34.5 Å². The van der Waals surface area contributed by atoms with Gasteiger partial charge < -0.3 is 0 Å². The van der Waals surface area contributed by atoms with E-state index in [1.54, 1.807) is 12.4 Å². The topological polar surface area (TPSA) is 73.4 Å². The van der Waals surface area contributed by atoms with Gasteiger partial charge in [0, 0.05) is 23.4 Å². The van der Waals surface area contributed by atoms with Crippen molar-refractivity contribution in [3.63, 3.8) is 0 Å². The summed E-state index contributed by atoms with van der Waals surface area (Å²) in [5, 5.41) is 23.3. The fourth-order valence-corrected chi connectivity index (χ4v) is 6.36. The fraction of sp³-hybridized carbons (Fsp3) is 0.0769. The number of hydrogen-bond donors (Lipinski definition) is 0. The third-order valence-corrected chi connectivity index (χ3v) is 8.34. The number of aromatic nitrogens is 2. The number of hydrogen-bond acceptors (Lipinski definition) is 4. The Morgan fingerprint density at radius 1 is 0.651 bits per heavy atom. The molecule has 1 atom stereocenters. The molecule has 1 aliphatic rings. The molecule has 43 heavy (non-hydrogen) atoms. The second kappa shape index (κ2) is 10.5. The molecule has 0 bridgehead atoms. The number of benzene rings is 4. The molecule has 1 aliphatic carbocycles. The highest BCUT2D eigenvalue weighted by Crippen LogP contribution is 2.47. The molecule has 0 fully saturated rings. The summed E-state index contributed by atoms with van der Waals surface area (Å²) in [5.41, 5.74) is 8.18. The third kappa shape index (κ3) is 4.56. The van der Waals surface area contributed by atoms with E-state index in [9.17, 15) is 10.5 Å². The molecule has 2 aromatic heterocycles. The summed E-state index contributed by atoms with van der Waals surface area (Å²) in [6.07, 6.45) is 10.8. The van der Waals surface area contributed by atoms with E-state index in [1.807, 2.05) is 24.3 Å². The van der Waals surface area contributed by atoms with Gasteiger partial charge in [0.1, 0.15) is 12.1 Å². The molecule has 0 spiro atoms. The molecular formula is C39H26N4. The summed E-state index contributed by atoms with van der Waals surface area (Å²) in [4.78, 5) is 9.14. The lowest BCUT2D eigenvalue weighted by molar-refractivity contribution is 0.612. The number of nitrogens with zero attached hydrogens (tertiary/aromatic N) is 4. The molecule has 0 saturated heterocycles. The van der Waals surface area contributed by atoms with Crippen LogP contribution in [-0.4, -0.2) is 9.97 Å². The second-order valence-corrected chi connectivity index (χ2v) is 11.1. The van der Waals surface area contributed by atoms with Crippen molar-refractivity contribution < 1.29 is 0 Å². The first-order valence-corrected chi connectivity index (χ1v) is 14.2. The van der Waals surface area contributed by atoms with Crippen molar-refractivity contribution >= 4 is 27.1 Å². The predicted molar refractivity (Wildman–Crippen MR) is 173 cm³/mol. The van der Waals surface area contributed by atoms with Gasteiger partial charge in [-0.05, 0) is 80.6 Å². The summed E-state index contributed by atoms with van der Waals surface area (Å²) in [6, 6.07) is 37.7. The Balaban J connectivity index is 1.45. The lowest BCUT2D eigenvalue weighted by Gasteiger charge is -2.33. The van der Waals surface area contributed by atoms with Crippen LogP contribution in [0.1, 0.15) is 35.7 Å². The summed E-state index contributed by atoms with van der Waals surface area (Å²) in [5.74, 6) is 0. The van der Waals surface area contributed by atoms with E-state index in [0.29, 0.717) is 11.1 Å². The zero-order valence-electron chi connectivity index (χ0n) is 23.6. The summed E-state index contributed by atoms with van der Waals surface area (Å²) < 4.78 is 0. The van der Waals surface area contributed by atoms with Gasteiger partial charge in [-0.3, -0.25) is 9.97 Å². The minimum atomic E-state index is -0.286. The second-order valence-electron chi connectivity index (χ2n) is 11.1. The van der Waals surface area contributed by atoms with Crippen LogP contribution in [0.4, 0.5) is 0 Å². The Bertz CT molecular complexity index is 2120. The van der Waals surface area contributed by atoms with Gasteiger partial charge in [-0.1, -0.05) is 91.9 Å². The first-order valence-electron chi connectivity index (χ1n) is 14.2. The third-order valence-electron chi connectivity index (χ3n) is 8.34. The number of rotatable bonds is 4. The minimum Gasteiger partial charge on any atom is -0.255 e. The standard InChI is InChI=1S/C39H26N4/c1-39(19-7-10-30(21-39)36-18-16-27(23-41)25-43-36)38-33-13-4-2-11-31(33)37(32-12-3-5-14-34(32)38)29-9-6-8-28(20-29)35-17-15-26(22-40)24-42-35/h2-18,20-21,24-25H,19H2,1H3. The molecule has 0 saturated carbocycles. The molecule has 4 heteroatoms. The minimum absolute atomic E-state index is 0.286. The lowest BCUT2D eigenvalue weighted by Crippen LogP contribution is -2.22. The molecule has 0 aliphatic heterocycles. The van der Waals surface area contributed by atoms with Gasteiger partial charge >= 0.3 is 0 Å². The lowest BCUT2D eigenvalue weighted by atomic mass is 9.71. The highest BCUT2D eigenvalue weighted by Gasteiger charge is 2.31. The molecule has 1 unspecified atom stereocenters. The number of allylic oxidation sites excluding steroid dienone is 4. The molecular weight excluding hydrogens is 524 g/mol. The monoisotopic (exact) mass is 550 g/mol.